The molecule has 1 aliphatic rings. The highest BCUT2D eigenvalue weighted by molar-refractivity contribution is 9.10. The van der Waals surface area contributed by atoms with Gasteiger partial charge in [0.15, 0.2) is 0 Å². The molecule has 0 aromatic heterocycles. The number of nitrogens with zero attached hydrogens (tertiary/aromatic N) is 1. The first kappa shape index (κ1) is 13.7. The Labute approximate surface area is 116 Å². The summed E-state index contributed by atoms with van der Waals surface area (Å²) in [6.45, 7) is 3.22. The lowest BCUT2D eigenvalue weighted by Gasteiger charge is -2.32. The second-order valence-corrected chi connectivity index (χ2v) is 5.78. The van der Waals surface area contributed by atoms with Crippen molar-refractivity contribution >= 4 is 27.3 Å². The van der Waals surface area contributed by atoms with Crippen LogP contribution in [-0.2, 0) is 0 Å². The lowest BCUT2D eigenvalue weighted by Crippen LogP contribution is -2.34. The summed E-state index contributed by atoms with van der Waals surface area (Å²) in [4.78, 5) is 2.35. The molecular formula is C14H20BrFN2. The molecule has 0 aliphatic carbocycles. The molecule has 100 valence electrons. The molecule has 0 saturated carbocycles. The third kappa shape index (κ3) is 2.79. The Kier molecular flexibility index (Phi) is 4.49. The van der Waals surface area contributed by atoms with Crippen LogP contribution in [0, 0.1) is 5.82 Å². The number of rotatable bonds is 2. The molecule has 4 heteroatoms. The standard InChI is InChI=1S/C14H20BrFN2/c1-2-10-6-4-3-5-7-18(10)14-8-11(15)12(16)9-13(14)17/h8-10H,2-7,17H2,1H3. The molecule has 0 spiro atoms. The van der Waals surface area contributed by atoms with Gasteiger partial charge in [-0.2, -0.15) is 0 Å². The monoisotopic (exact) mass is 314 g/mol. The van der Waals surface area contributed by atoms with E-state index in [1.165, 1.54) is 31.7 Å². The van der Waals surface area contributed by atoms with Crippen molar-refractivity contribution in [3.8, 4) is 0 Å². The zero-order chi connectivity index (χ0) is 13.1. The van der Waals surface area contributed by atoms with Gasteiger partial charge in [-0.15, -0.1) is 0 Å². The van der Waals surface area contributed by atoms with Gasteiger partial charge in [-0.1, -0.05) is 19.8 Å². The first-order chi connectivity index (χ1) is 8.63. The van der Waals surface area contributed by atoms with E-state index in [2.05, 4.69) is 27.8 Å². The van der Waals surface area contributed by atoms with Crippen molar-refractivity contribution in [1.29, 1.82) is 0 Å². The van der Waals surface area contributed by atoms with E-state index in [1.54, 1.807) is 0 Å². The summed E-state index contributed by atoms with van der Waals surface area (Å²) in [5.41, 5.74) is 7.49. The highest BCUT2D eigenvalue weighted by atomic mass is 79.9. The maximum absolute atomic E-state index is 13.4. The second-order valence-electron chi connectivity index (χ2n) is 4.93. The molecule has 2 N–H and O–H groups in total. The number of halogens is 2. The van der Waals surface area contributed by atoms with Crippen LogP contribution in [0.25, 0.3) is 0 Å². The molecule has 1 fully saturated rings. The van der Waals surface area contributed by atoms with E-state index in [0.717, 1.165) is 18.7 Å². The Morgan fingerprint density at radius 3 is 2.89 bits per heavy atom. The first-order valence-electron chi connectivity index (χ1n) is 6.64. The molecule has 1 aliphatic heterocycles. The van der Waals surface area contributed by atoms with Gasteiger partial charge >= 0.3 is 0 Å². The fourth-order valence-electron chi connectivity index (χ4n) is 2.72. The van der Waals surface area contributed by atoms with E-state index in [4.69, 9.17) is 5.73 Å². The SMILES string of the molecule is CCC1CCCCCN1c1cc(Br)c(F)cc1N. The fraction of sp³-hybridized carbons (Fsp3) is 0.571. The summed E-state index contributed by atoms with van der Waals surface area (Å²) in [7, 11) is 0. The van der Waals surface area contributed by atoms with Crippen molar-refractivity contribution in [2.45, 2.75) is 45.1 Å². The van der Waals surface area contributed by atoms with Crippen LogP contribution in [0.2, 0.25) is 0 Å². The Morgan fingerprint density at radius 2 is 2.17 bits per heavy atom. The highest BCUT2D eigenvalue weighted by Gasteiger charge is 2.22. The van der Waals surface area contributed by atoms with E-state index >= 15 is 0 Å². The van der Waals surface area contributed by atoms with Crippen LogP contribution in [-0.4, -0.2) is 12.6 Å². The van der Waals surface area contributed by atoms with Crippen molar-refractivity contribution in [3.05, 3.63) is 22.4 Å². The lowest BCUT2D eigenvalue weighted by molar-refractivity contribution is 0.555. The minimum absolute atomic E-state index is 0.292. The highest BCUT2D eigenvalue weighted by Crippen LogP contribution is 2.34. The zero-order valence-electron chi connectivity index (χ0n) is 10.8. The number of benzene rings is 1. The molecule has 1 atom stereocenters. The molecule has 0 bridgehead atoms. The van der Waals surface area contributed by atoms with Crippen LogP contribution in [0.15, 0.2) is 16.6 Å². The molecule has 0 radical (unpaired) electrons. The molecule has 2 rings (SSSR count). The Hall–Kier alpha value is -0.770. The summed E-state index contributed by atoms with van der Waals surface area (Å²) < 4.78 is 13.9. The largest absolute Gasteiger partial charge is 0.397 e. The Bertz CT molecular complexity index is 423. The van der Waals surface area contributed by atoms with Crippen LogP contribution in [0.3, 0.4) is 0 Å². The quantitative estimate of drug-likeness (QED) is 0.823. The number of hydrogen-bond donors (Lipinski definition) is 1. The van der Waals surface area contributed by atoms with Gasteiger partial charge in [-0.05, 0) is 41.3 Å². The third-order valence-corrected chi connectivity index (χ3v) is 4.34. The van der Waals surface area contributed by atoms with E-state index < -0.39 is 0 Å². The summed E-state index contributed by atoms with van der Waals surface area (Å²) in [6, 6.07) is 3.75. The van der Waals surface area contributed by atoms with Gasteiger partial charge in [0.1, 0.15) is 5.82 Å². The van der Waals surface area contributed by atoms with Gasteiger partial charge in [0.05, 0.1) is 15.8 Å². The van der Waals surface area contributed by atoms with Gasteiger partial charge in [-0.25, -0.2) is 4.39 Å². The van der Waals surface area contributed by atoms with Gasteiger partial charge < -0.3 is 10.6 Å². The summed E-state index contributed by atoms with van der Waals surface area (Å²) in [5.74, 6) is -0.292. The molecule has 1 saturated heterocycles. The predicted octanol–water partition coefficient (Wildman–Crippen LogP) is 4.33. The number of anilines is 2. The van der Waals surface area contributed by atoms with E-state index in [9.17, 15) is 4.39 Å². The third-order valence-electron chi connectivity index (χ3n) is 3.73. The first-order valence-corrected chi connectivity index (χ1v) is 7.44. The maximum atomic E-state index is 13.4. The number of nitrogen functional groups attached to an aromatic ring is 1. The molecule has 18 heavy (non-hydrogen) atoms. The van der Waals surface area contributed by atoms with Crippen LogP contribution in [0.4, 0.5) is 15.8 Å². The average molecular weight is 315 g/mol. The predicted molar refractivity (Wildman–Crippen MR) is 78.4 cm³/mol. The van der Waals surface area contributed by atoms with Crippen LogP contribution in [0.1, 0.15) is 39.0 Å². The van der Waals surface area contributed by atoms with E-state index in [0.29, 0.717) is 16.2 Å². The minimum atomic E-state index is -0.292. The summed E-state index contributed by atoms with van der Waals surface area (Å²) in [5, 5.41) is 0. The smallest absolute Gasteiger partial charge is 0.139 e. The normalized spacial score (nSPS) is 20.8. The lowest BCUT2D eigenvalue weighted by atomic mass is 10.1. The van der Waals surface area contributed by atoms with Crippen LogP contribution in [0.5, 0.6) is 0 Å². The Balaban J connectivity index is 2.35. The fourth-order valence-corrected chi connectivity index (χ4v) is 3.05. The maximum Gasteiger partial charge on any atom is 0.139 e. The van der Waals surface area contributed by atoms with Crippen LogP contribution >= 0.6 is 15.9 Å². The molecule has 2 nitrogen and oxygen atoms in total. The molecule has 1 heterocycles. The molecular weight excluding hydrogens is 295 g/mol. The van der Waals surface area contributed by atoms with E-state index in [1.807, 2.05) is 6.07 Å². The van der Waals surface area contributed by atoms with Gasteiger partial charge in [0, 0.05) is 18.7 Å². The van der Waals surface area contributed by atoms with Crippen molar-refractivity contribution in [3.63, 3.8) is 0 Å². The number of nitrogens with two attached hydrogens (primary N) is 1. The zero-order valence-corrected chi connectivity index (χ0v) is 12.3. The molecule has 1 aromatic rings. The molecule has 0 amide bonds. The topological polar surface area (TPSA) is 29.3 Å². The van der Waals surface area contributed by atoms with Crippen molar-refractivity contribution in [2.24, 2.45) is 0 Å². The van der Waals surface area contributed by atoms with Gasteiger partial charge in [0.2, 0.25) is 0 Å². The summed E-state index contributed by atoms with van der Waals surface area (Å²) in [6.07, 6.45) is 6.04. The molecule has 1 unspecified atom stereocenters. The summed E-state index contributed by atoms with van der Waals surface area (Å²) >= 11 is 3.25. The molecule has 1 aromatic carbocycles. The van der Waals surface area contributed by atoms with E-state index in [-0.39, 0.29) is 5.82 Å². The van der Waals surface area contributed by atoms with Crippen molar-refractivity contribution in [2.75, 3.05) is 17.2 Å². The Morgan fingerprint density at radius 1 is 1.39 bits per heavy atom. The van der Waals surface area contributed by atoms with Gasteiger partial charge in [0.25, 0.3) is 0 Å². The average Bonchev–Trinajstić information content (AvgIpc) is 2.58. The van der Waals surface area contributed by atoms with Crippen LogP contribution < -0.4 is 10.6 Å². The van der Waals surface area contributed by atoms with Crippen molar-refractivity contribution < 1.29 is 4.39 Å². The van der Waals surface area contributed by atoms with Gasteiger partial charge in [-0.3, -0.25) is 0 Å². The van der Waals surface area contributed by atoms with Crippen molar-refractivity contribution in [1.82, 2.24) is 0 Å². The second kappa shape index (κ2) is 5.91. The minimum Gasteiger partial charge on any atom is -0.397 e. The number of hydrogen-bond acceptors (Lipinski definition) is 2.